The van der Waals surface area contributed by atoms with E-state index in [-0.39, 0.29) is 6.04 Å². The minimum atomic E-state index is 0.000624. The number of rotatable bonds is 5. The van der Waals surface area contributed by atoms with E-state index in [1.54, 1.807) is 20.5 Å². The van der Waals surface area contributed by atoms with Crippen molar-refractivity contribution < 1.29 is 9.47 Å². The third kappa shape index (κ3) is 3.50. The summed E-state index contributed by atoms with van der Waals surface area (Å²) >= 11 is 5.99. The summed E-state index contributed by atoms with van der Waals surface area (Å²) in [7, 11) is 3.36. The molecule has 3 aromatic rings. The van der Waals surface area contributed by atoms with E-state index in [0.29, 0.717) is 11.7 Å². The van der Waals surface area contributed by atoms with Crippen LogP contribution in [0.5, 0.6) is 11.5 Å². The maximum atomic E-state index is 5.99. The van der Waals surface area contributed by atoms with E-state index in [4.69, 9.17) is 21.1 Å². The molecule has 1 aromatic carbocycles. The Hall–Kier alpha value is -2.57. The molecule has 0 unspecified atom stereocenters. The minimum absolute atomic E-state index is 0.000624. The van der Waals surface area contributed by atoms with Crippen LogP contribution in [-0.2, 0) is 13.0 Å². The molecule has 0 saturated heterocycles. The Morgan fingerprint density at radius 2 is 2.07 bits per heavy atom. The molecule has 1 N–H and O–H groups in total. The van der Waals surface area contributed by atoms with Crippen molar-refractivity contribution in [3.05, 3.63) is 70.5 Å². The fraction of sp³-hybridized carbons (Fsp3) is 0.300. The first-order chi connectivity index (χ1) is 13.2. The number of aromatic amines is 1. The van der Waals surface area contributed by atoms with Crippen molar-refractivity contribution in [3.63, 3.8) is 0 Å². The number of methoxy groups -OCH3 is 2. The summed E-state index contributed by atoms with van der Waals surface area (Å²) in [6.45, 7) is 1.60. The standard InChI is InChI=1S/C20H21ClN4O2/c1-26-15-4-5-17(27-2)14(9-15)11-25-8-7-16-19(24-12-23-16)20(25)13-3-6-18(21)22-10-13/h3-6,9-10,12,20H,7-8,11H2,1-2H3,(H,23,24)/t20-/m1/s1. The molecule has 0 bridgehead atoms. The van der Waals surface area contributed by atoms with Gasteiger partial charge in [0, 0.05) is 37.0 Å². The van der Waals surface area contributed by atoms with E-state index in [1.807, 2.05) is 36.5 Å². The average molecular weight is 385 g/mol. The van der Waals surface area contributed by atoms with Gasteiger partial charge in [0.15, 0.2) is 0 Å². The molecular formula is C20H21ClN4O2. The number of nitrogens with zero attached hydrogens (tertiary/aromatic N) is 3. The van der Waals surface area contributed by atoms with Crippen molar-refractivity contribution in [2.45, 2.75) is 19.0 Å². The van der Waals surface area contributed by atoms with Gasteiger partial charge in [-0.3, -0.25) is 4.90 Å². The molecule has 7 heteroatoms. The van der Waals surface area contributed by atoms with Gasteiger partial charge in [-0.25, -0.2) is 9.97 Å². The zero-order valence-corrected chi connectivity index (χ0v) is 16.0. The van der Waals surface area contributed by atoms with Crippen LogP contribution in [0.25, 0.3) is 0 Å². The van der Waals surface area contributed by atoms with Crippen molar-refractivity contribution >= 4 is 11.6 Å². The second kappa shape index (κ2) is 7.58. The average Bonchev–Trinajstić information content (AvgIpc) is 3.17. The summed E-state index contributed by atoms with van der Waals surface area (Å²) in [5.74, 6) is 1.66. The summed E-state index contributed by atoms with van der Waals surface area (Å²) in [5.41, 5.74) is 4.34. The highest BCUT2D eigenvalue weighted by molar-refractivity contribution is 6.29. The number of H-pyrrole nitrogens is 1. The fourth-order valence-corrected chi connectivity index (χ4v) is 3.75. The van der Waals surface area contributed by atoms with Gasteiger partial charge in [0.25, 0.3) is 0 Å². The van der Waals surface area contributed by atoms with Gasteiger partial charge in [0.1, 0.15) is 16.7 Å². The van der Waals surface area contributed by atoms with Gasteiger partial charge in [-0.05, 0) is 29.8 Å². The first-order valence-electron chi connectivity index (χ1n) is 8.78. The number of hydrogen-bond donors (Lipinski definition) is 1. The summed E-state index contributed by atoms with van der Waals surface area (Å²) in [6.07, 6.45) is 4.50. The van der Waals surface area contributed by atoms with Crippen LogP contribution in [0.3, 0.4) is 0 Å². The molecule has 0 spiro atoms. The van der Waals surface area contributed by atoms with Crippen LogP contribution in [-0.4, -0.2) is 40.6 Å². The quantitative estimate of drug-likeness (QED) is 0.680. The number of fused-ring (bicyclic) bond motifs is 1. The van der Waals surface area contributed by atoms with E-state index in [9.17, 15) is 0 Å². The van der Waals surface area contributed by atoms with Crippen LogP contribution in [0.2, 0.25) is 5.15 Å². The molecule has 1 atom stereocenters. The molecule has 1 aliphatic heterocycles. The monoisotopic (exact) mass is 384 g/mol. The van der Waals surface area contributed by atoms with Crippen LogP contribution in [0.15, 0.2) is 42.9 Å². The number of imidazole rings is 1. The third-order valence-corrected chi connectivity index (χ3v) is 5.18. The second-order valence-corrected chi connectivity index (χ2v) is 6.87. The summed E-state index contributed by atoms with van der Waals surface area (Å²) in [6, 6.07) is 9.71. The van der Waals surface area contributed by atoms with Gasteiger partial charge < -0.3 is 14.5 Å². The van der Waals surface area contributed by atoms with Crippen molar-refractivity contribution in [1.82, 2.24) is 19.9 Å². The van der Waals surface area contributed by atoms with Gasteiger partial charge in [0.2, 0.25) is 0 Å². The SMILES string of the molecule is COc1ccc(OC)c(CN2CCc3[nH]cnc3[C@H]2c2ccc(Cl)nc2)c1. The van der Waals surface area contributed by atoms with E-state index in [0.717, 1.165) is 41.3 Å². The number of pyridine rings is 1. The van der Waals surface area contributed by atoms with Crippen LogP contribution >= 0.6 is 11.6 Å². The summed E-state index contributed by atoms with van der Waals surface area (Å²) in [4.78, 5) is 14.5. The largest absolute Gasteiger partial charge is 0.497 e. The van der Waals surface area contributed by atoms with Crippen LogP contribution in [0, 0.1) is 0 Å². The van der Waals surface area contributed by atoms with Gasteiger partial charge in [-0.1, -0.05) is 17.7 Å². The maximum Gasteiger partial charge on any atom is 0.129 e. The highest BCUT2D eigenvalue weighted by Crippen LogP contribution is 2.36. The fourth-order valence-electron chi connectivity index (χ4n) is 3.64. The molecule has 4 rings (SSSR count). The molecule has 0 fully saturated rings. The molecule has 6 nitrogen and oxygen atoms in total. The Morgan fingerprint density at radius 1 is 1.19 bits per heavy atom. The number of aromatic nitrogens is 3. The molecule has 0 aliphatic carbocycles. The van der Waals surface area contributed by atoms with E-state index in [1.165, 1.54) is 5.69 Å². The minimum Gasteiger partial charge on any atom is -0.497 e. The first kappa shape index (κ1) is 17.8. The predicted molar refractivity (Wildman–Crippen MR) is 103 cm³/mol. The van der Waals surface area contributed by atoms with Crippen molar-refractivity contribution in [3.8, 4) is 11.5 Å². The zero-order valence-electron chi connectivity index (χ0n) is 15.3. The zero-order chi connectivity index (χ0) is 18.8. The van der Waals surface area contributed by atoms with Gasteiger partial charge in [-0.15, -0.1) is 0 Å². The number of ether oxygens (including phenoxy) is 2. The van der Waals surface area contributed by atoms with Gasteiger partial charge >= 0.3 is 0 Å². The van der Waals surface area contributed by atoms with Gasteiger partial charge in [0.05, 0.1) is 32.3 Å². The normalized spacial score (nSPS) is 16.8. The lowest BCUT2D eigenvalue weighted by Gasteiger charge is -2.35. The first-order valence-corrected chi connectivity index (χ1v) is 9.16. The number of halogens is 1. The maximum absolute atomic E-state index is 5.99. The molecule has 1 aliphatic rings. The summed E-state index contributed by atoms with van der Waals surface area (Å²) < 4.78 is 11.0. The van der Waals surface area contributed by atoms with E-state index in [2.05, 4.69) is 19.9 Å². The number of hydrogen-bond acceptors (Lipinski definition) is 5. The molecule has 0 saturated carbocycles. The molecular weight excluding hydrogens is 364 g/mol. The van der Waals surface area contributed by atoms with Gasteiger partial charge in [-0.2, -0.15) is 0 Å². The molecule has 27 heavy (non-hydrogen) atoms. The molecule has 0 amide bonds. The number of nitrogens with one attached hydrogen (secondary N) is 1. The lowest BCUT2D eigenvalue weighted by molar-refractivity contribution is 0.197. The lowest BCUT2D eigenvalue weighted by atomic mass is 9.96. The number of benzene rings is 1. The highest BCUT2D eigenvalue weighted by Gasteiger charge is 2.31. The van der Waals surface area contributed by atoms with Crippen LogP contribution in [0.4, 0.5) is 0 Å². The van der Waals surface area contributed by atoms with E-state index >= 15 is 0 Å². The highest BCUT2D eigenvalue weighted by atomic mass is 35.5. The summed E-state index contributed by atoms with van der Waals surface area (Å²) in [5, 5.41) is 0.484. The van der Waals surface area contributed by atoms with Crippen LogP contribution in [0.1, 0.15) is 28.6 Å². The topological polar surface area (TPSA) is 63.3 Å². The Balaban J connectivity index is 1.72. The lowest BCUT2D eigenvalue weighted by Crippen LogP contribution is -2.36. The Morgan fingerprint density at radius 3 is 2.81 bits per heavy atom. The predicted octanol–water partition coefficient (Wildman–Crippen LogP) is 3.62. The molecule has 2 aromatic heterocycles. The smallest absolute Gasteiger partial charge is 0.129 e. The molecule has 140 valence electrons. The van der Waals surface area contributed by atoms with Crippen molar-refractivity contribution in [1.29, 1.82) is 0 Å². The van der Waals surface area contributed by atoms with Crippen molar-refractivity contribution in [2.75, 3.05) is 20.8 Å². The Labute approximate surface area is 163 Å². The van der Waals surface area contributed by atoms with Crippen molar-refractivity contribution in [2.24, 2.45) is 0 Å². The molecule has 0 radical (unpaired) electrons. The Bertz CT molecular complexity index is 926. The Kier molecular flexibility index (Phi) is 5.01. The van der Waals surface area contributed by atoms with Crippen LogP contribution < -0.4 is 9.47 Å². The molecule has 3 heterocycles. The second-order valence-electron chi connectivity index (χ2n) is 6.48. The van der Waals surface area contributed by atoms with E-state index < -0.39 is 0 Å². The third-order valence-electron chi connectivity index (χ3n) is 4.95.